The van der Waals surface area contributed by atoms with E-state index in [2.05, 4.69) is 11.6 Å². The molecule has 0 aliphatic heterocycles. The number of rotatable bonds is 2. The van der Waals surface area contributed by atoms with E-state index < -0.39 is 0 Å². The maximum absolute atomic E-state index is 9.12. The van der Waals surface area contributed by atoms with Crippen LogP contribution in [-0.4, -0.2) is 11.4 Å². The molecule has 62 valence electrons. The second kappa shape index (κ2) is 3.57. The topological polar surface area (TPSA) is 58.6 Å². The number of para-hydroxylation sites is 1. The zero-order chi connectivity index (χ0) is 8.97. The van der Waals surface area contributed by atoms with Crippen LogP contribution in [-0.2, 0) is 0 Å². The molecule has 0 amide bonds. The summed E-state index contributed by atoms with van der Waals surface area (Å²) < 4.78 is 0. The molecule has 0 aliphatic carbocycles. The van der Waals surface area contributed by atoms with Crippen LogP contribution in [0.5, 0.6) is 0 Å². The normalized spacial score (nSPS) is 10.3. The highest BCUT2D eigenvalue weighted by Crippen LogP contribution is 2.22. The van der Waals surface area contributed by atoms with Gasteiger partial charge in [-0.3, -0.25) is 0 Å². The fourth-order valence-electron chi connectivity index (χ4n) is 0.911. The van der Waals surface area contributed by atoms with Gasteiger partial charge in [0.1, 0.15) is 5.76 Å². The summed E-state index contributed by atoms with van der Waals surface area (Å²) in [7, 11) is 0. The molecule has 0 fully saturated rings. The zero-order valence-corrected chi connectivity index (χ0v) is 6.57. The molecule has 0 atom stereocenters. The van der Waals surface area contributed by atoms with Gasteiger partial charge in [-0.05, 0) is 12.1 Å². The molecule has 12 heavy (non-hydrogen) atoms. The van der Waals surface area contributed by atoms with Gasteiger partial charge in [-0.25, -0.2) is 4.99 Å². The molecular formula is C9H10N2O. The minimum Gasteiger partial charge on any atom is -0.508 e. The van der Waals surface area contributed by atoms with E-state index in [1.807, 2.05) is 6.07 Å². The van der Waals surface area contributed by atoms with Gasteiger partial charge in [0.2, 0.25) is 0 Å². The molecular weight excluding hydrogens is 152 g/mol. The first kappa shape index (κ1) is 8.33. The van der Waals surface area contributed by atoms with Crippen LogP contribution in [0.1, 0.15) is 5.56 Å². The molecule has 3 heteroatoms. The van der Waals surface area contributed by atoms with E-state index in [0.717, 1.165) is 0 Å². The molecule has 1 aromatic carbocycles. The predicted molar refractivity (Wildman–Crippen MR) is 50.4 cm³/mol. The van der Waals surface area contributed by atoms with Crippen molar-refractivity contribution in [3.63, 3.8) is 0 Å². The molecule has 0 aliphatic rings. The van der Waals surface area contributed by atoms with Gasteiger partial charge in [-0.15, -0.1) is 0 Å². The number of aliphatic imine (C=N–C) groups is 1. The third-order valence-corrected chi connectivity index (χ3v) is 1.43. The maximum Gasteiger partial charge on any atom is 0.117 e. The number of benzene rings is 1. The molecule has 0 saturated carbocycles. The van der Waals surface area contributed by atoms with Crippen molar-refractivity contribution < 1.29 is 5.11 Å². The van der Waals surface area contributed by atoms with Gasteiger partial charge in [0.25, 0.3) is 0 Å². The lowest BCUT2D eigenvalue weighted by molar-refractivity contribution is 0.514. The molecule has 0 bridgehead atoms. The van der Waals surface area contributed by atoms with Crippen molar-refractivity contribution in [1.29, 1.82) is 0 Å². The van der Waals surface area contributed by atoms with Gasteiger partial charge in [-0.2, -0.15) is 0 Å². The molecule has 0 spiro atoms. The van der Waals surface area contributed by atoms with Crippen molar-refractivity contribution in [3.05, 3.63) is 36.4 Å². The highest BCUT2D eigenvalue weighted by atomic mass is 16.3. The second-order valence-electron chi connectivity index (χ2n) is 2.24. The van der Waals surface area contributed by atoms with E-state index in [4.69, 9.17) is 10.8 Å². The van der Waals surface area contributed by atoms with Gasteiger partial charge >= 0.3 is 0 Å². The summed E-state index contributed by atoms with van der Waals surface area (Å²) in [5.41, 5.74) is 6.34. The number of aliphatic hydroxyl groups is 1. The lowest BCUT2D eigenvalue weighted by Gasteiger charge is -2.01. The van der Waals surface area contributed by atoms with Crippen molar-refractivity contribution >= 4 is 17.8 Å². The molecule has 1 rings (SSSR count). The molecule has 1 aromatic rings. The van der Waals surface area contributed by atoms with Crippen molar-refractivity contribution in [3.8, 4) is 0 Å². The first-order valence-corrected chi connectivity index (χ1v) is 3.47. The fraction of sp³-hybridized carbons (Fsp3) is 0. The average molecular weight is 162 g/mol. The maximum atomic E-state index is 9.12. The predicted octanol–water partition coefficient (Wildman–Crippen LogP) is 1.83. The Morgan fingerprint density at radius 1 is 1.50 bits per heavy atom. The van der Waals surface area contributed by atoms with Crippen LogP contribution in [0.4, 0.5) is 5.69 Å². The number of hydrogen-bond donors (Lipinski definition) is 2. The number of nitrogens with zero attached hydrogens (tertiary/aromatic N) is 1. The van der Waals surface area contributed by atoms with E-state index >= 15 is 0 Å². The molecule has 0 heterocycles. The molecule has 0 saturated heterocycles. The quantitative estimate of drug-likeness (QED) is 0.396. The lowest BCUT2D eigenvalue weighted by atomic mass is 10.1. The Morgan fingerprint density at radius 3 is 2.75 bits per heavy atom. The first-order chi connectivity index (χ1) is 5.75. The Balaban J connectivity index is 3.17. The standard InChI is InChI=1S/C9H10N2O/c1-7(12)8-4-2-3-5-9(8)11-6-10/h2-6,12H,1H2,(H2,10,11). The highest BCUT2D eigenvalue weighted by molar-refractivity contribution is 5.71. The number of hydrogen-bond acceptors (Lipinski definition) is 2. The third kappa shape index (κ3) is 1.63. The summed E-state index contributed by atoms with van der Waals surface area (Å²) in [6.07, 6.45) is 1.18. The van der Waals surface area contributed by atoms with E-state index in [0.29, 0.717) is 11.3 Å². The Labute approximate surface area is 70.9 Å². The van der Waals surface area contributed by atoms with Crippen LogP contribution in [0.15, 0.2) is 35.8 Å². The minimum atomic E-state index is -0.00352. The fourth-order valence-corrected chi connectivity index (χ4v) is 0.911. The third-order valence-electron chi connectivity index (χ3n) is 1.43. The smallest absolute Gasteiger partial charge is 0.117 e. The van der Waals surface area contributed by atoms with E-state index in [9.17, 15) is 0 Å². The monoisotopic (exact) mass is 162 g/mol. The van der Waals surface area contributed by atoms with Gasteiger partial charge in [0, 0.05) is 5.56 Å². The summed E-state index contributed by atoms with van der Waals surface area (Å²) >= 11 is 0. The Bertz CT molecular complexity index is 318. The summed E-state index contributed by atoms with van der Waals surface area (Å²) in [6, 6.07) is 7.09. The molecule has 3 nitrogen and oxygen atoms in total. The van der Waals surface area contributed by atoms with Crippen LogP contribution < -0.4 is 5.73 Å². The van der Waals surface area contributed by atoms with Crippen LogP contribution in [0.3, 0.4) is 0 Å². The van der Waals surface area contributed by atoms with E-state index in [1.54, 1.807) is 18.2 Å². The summed E-state index contributed by atoms with van der Waals surface area (Å²) in [5.74, 6) is -0.00352. The Kier molecular flexibility index (Phi) is 2.48. The van der Waals surface area contributed by atoms with Gasteiger partial charge in [0.15, 0.2) is 0 Å². The Morgan fingerprint density at radius 2 is 2.17 bits per heavy atom. The summed E-state index contributed by atoms with van der Waals surface area (Å²) in [5, 5.41) is 9.12. The molecule has 3 N–H and O–H groups in total. The van der Waals surface area contributed by atoms with E-state index in [-0.39, 0.29) is 5.76 Å². The second-order valence-corrected chi connectivity index (χ2v) is 2.24. The summed E-state index contributed by atoms with van der Waals surface area (Å²) in [4.78, 5) is 3.86. The van der Waals surface area contributed by atoms with Crippen molar-refractivity contribution in [1.82, 2.24) is 0 Å². The minimum absolute atomic E-state index is 0.00352. The number of nitrogens with two attached hydrogens (primary N) is 1. The van der Waals surface area contributed by atoms with E-state index in [1.165, 1.54) is 6.34 Å². The van der Waals surface area contributed by atoms with Gasteiger partial charge in [-0.1, -0.05) is 18.7 Å². The molecule has 0 aromatic heterocycles. The van der Waals surface area contributed by atoms with Crippen LogP contribution >= 0.6 is 0 Å². The molecule has 0 radical (unpaired) electrons. The van der Waals surface area contributed by atoms with Gasteiger partial charge in [0.05, 0.1) is 12.0 Å². The molecule has 0 unspecified atom stereocenters. The zero-order valence-electron chi connectivity index (χ0n) is 6.57. The van der Waals surface area contributed by atoms with Crippen LogP contribution in [0.2, 0.25) is 0 Å². The SMILES string of the molecule is C=C(O)c1ccccc1N=CN. The lowest BCUT2D eigenvalue weighted by Crippen LogP contribution is -1.88. The summed E-state index contributed by atoms with van der Waals surface area (Å²) in [6.45, 7) is 3.41. The first-order valence-electron chi connectivity index (χ1n) is 3.47. The number of aliphatic hydroxyl groups excluding tert-OH is 1. The van der Waals surface area contributed by atoms with Crippen molar-refractivity contribution in [2.24, 2.45) is 10.7 Å². The largest absolute Gasteiger partial charge is 0.508 e. The Hall–Kier alpha value is -1.77. The highest BCUT2D eigenvalue weighted by Gasteiger charge is 2.00. The van der Waals surface area contributed by atoms with Crippen LogP contribution in [0, 0.1) is 0 Å². The van der Waals surface area contributed by atoms with Gasteiger partial charge < -0.3 is 10.8 Å². The van der Waals surface area contributed by atoms with Crippen molar-refractivity contribution in [2.45, 2.75) is 0 Å². The van der Waals surface area contributed by atoms with Crippen molar-refractivity contribution in [2.75, 3.05) is 0 Å². The van der Waals surface area contributed by atoms with Crippen LogP contribution in [0.25, 0.3) is 5.76 Å². The average Bonchev–Trinajstić information content (AvgIpc) is 2.05.